The Morgan fingerprint density at radius 3 is 0.765 bits per heavy atom. The summed E-state index contributed by atoms with van der Waals surface area (Å²) in [5.74, 6) is 1.73. The number of hydrogen-bond acceptors (Lipinski definition) is 6. The first kappa shape index (κ1) is 66.4. The van der Waals surface area contributed by atoms with Crippen LogP contribution < -0.4 is 0 Å². The van der Waals surface area contributed by atoms with E-state index >= 15 is 0 Å². The van der Waals surface area contributed by atoms with Gasteiger partial charge in [0.25, 0.3) is 0 Å². The molecule has 0 fully saturated rings. The second-order valence-corrected chi connectivity index (χ2v) is 22.5. The zero-order valence-electron chi connectivity index (χ0n) is 46.9. The highest BCUT2D eigenvalue weighted by atomic mass is 16.6. The van der Waals surface area contributed by atoms with Crippen LogP contribution in [0, 0.1) is 17.8 Å². The standard InChI is InChI=1S/C62H120O6/c1-7-58(6)50-44-38-32-26-22-23-28-34-40-46-52-61(64)67-55-59(54-66-60(63)51-45-39-33-27-20-16-13-12-15-19-25-31-37-43-49-57(4)5)68-62(65)53-47-41-35-29-21-17-11-9-8-10-14-18-24-30-36-42-48-56(2)3/h56-59H,7-55H2,1-6H3/t58?,59-/m0/s1. The van der Waals surface area contributed by atoms with Crippen LogP contribution in [0.15, 0.2) is 0 Å². The van der Waals surface area contributed by atoms with Crippen molar-refractivity contribution in [2.75, 3.05) is 13.2 Å². The highest BCUT2D eigenvalue weighted by Crippen LogP contribution is 2.19. The summed E-state index contributed by atoms with van der Waals surface area (Å²) in [7, 11) is 0. The molecule has 1 unspecified atom stereocenters. The molecule has 0 bridgehead atoms. The number of carbonyl (C=O) groups is 3. The van der Waals surface area contributed by atoms with E-state index in [1.165, 1.54) is 225 Å². The highest BCUT2D eigenvalue weighted by Gasteiger charge is 2.19. The summed E-state index contributed by atoms with van der Waals surface area (Å²) >= 11 is 0. The molecule has 6 nitrogen and oxygen atoms in total. The largest absolute Gasteiger partial charge is 0.462 e. The third-order valence-corrected chi connectivity index (χ3v) is 14.5. The molecule has 0 aromatic carbocycles. The summed E-state index contributed by atoms with van der Waals surface area (Å²) < 4.78 is 16.9. The van der Waals surface area contributed by atoms with E-state index in [-0.39, 0.29) is 31.1 Å². The Morgan fingerprint density at radius 2 is 0.515 bits per heavy atom. The van der Waals surface area contributed by atoms with E-state index in [2.05, 4.69) is 41.5 Å². The van der Waals surface area contributed by atoms with Crippen molar-refractivity contribution < 1.29 is 28.6 Å². The van der Waals surface area contributed by atoms with E-state index in [1.54, 1.807) is 0 Å². The molecule has 68 heavy (non-hydrogen) atoms. The van der Waals surface area contributed by atoms with Crippen molar-refractivity contribution in [1.29, 1.82) is 0 Å². The molecule has 0 heterocycles. The average Bonchev–Trinajstić information content (AvgIpc) is 3.31. The molecular weight excluding hydrogens is 841 g/mol. The van der Waals surface area contributed by atoms with Crippen LogP contribution in [0.2, 0.25) is 0 Å². The maximum Gasteiger partial charge on any atom is 0.306 e. The van der Waals surface area contributed by atoms with Crippen LogP contribution in [0.25, 0.3) is 0 Å². The molecule has 0 aliphatic rings. The molecule has 0 aliphatic carbocycles. The summed E-state index contributed by atoms with van der Waals surface area (Å²) in [6, 6.07) is 0. The lowest BCUT2D eigenvalue weighted by molar-refractivity contribution is -0.167. The Balaban J connectivity index is 4.30. The number of carbonyl (C=O) groups excluding carboxylic acids is 3. The van der Waals surface area contributed by atoms with Crippen LogP contribution in [0.3, 0.4) is 0 Å². The van der Waals surface area contributed by atoms with E-state index in [4.69, 9.17) is 14.2 Å². The highest BCUT2D eigenvalue weighted by molar-refractivity contribution is 5.71. The van der Waals surface area contributed by atoms with Crippen molar-refractivity contribution in [2.24, 2.45) is 17.8 Å². The fraction of sp³-hybridized carbons (Fsp3) is 0.952. The first-order valence-corrected chi connectivity index (χ1v) is 30.6. The van der Waals surface area contributed by atoms with Gasteiger partial charge in [0.05, 0.1) is 0 Å². The fourth-order valence-corrected chi connectivity index (χ4v) is 9.50. The number of hydrogen-bond donors (Lipinski definition) is 0. The van der Waals surface area contributed by atoms with Crippen LogP contribution in [0.1, 0.15) is 343 Å². The molecule has 0 rings (SSSR count). The smallest absolute Gasteiger partial charge is 0.306 e. The SMILES string of the molecule is CCC(C)CCCCCCCCCCCCC(=O)OC[C@H](COC(=O)CCCCCCCCCCCCCCCCC(C)C)OC(=O)CCCCCCCCCCCCCCCCCCC(C)C. The van der Waals surface area contributed by atoms with Crippen molar-refractivity contribution in [3.8, 4) is 0 Å². The van der Waals surface area contributed by atoms with Crippen LogP contribution in [-0.2, 0) is 28.6 Å². The first-order valence-electron chi connectivity index (χ1n) is 30.6. The molecule has 0 saturated heterocycles. The van der Waals surface area contributed by atoms with Gasteiger partial charge in [0, 0.05) is 19.3 Å². The molecule has 0 aliphatic heterocycles. The maximum absolute atomic E-state index is 12.9. The lowest BCUT2D eigenvalue weighted by atomic mass is 9.99. The Kier molecular flexibility index (Phi) is 52.0. The van der Waals surface area contributed by atoms with Gasteiger partial charge in [-0.2, -0.15) is 0 Å². The van der Waals surface area contributed by atoms with E-state index in [9.17, 15) is 14.4 Å². The zero-order chi connectivity index (χ0) is 49.8. The lowest BCUT2D eigenvalue weighted by Crippen LogP contribution is -2.30. The molecule has 0 amide bonds. The summed E-state index contributed by atoms with van der Waals surface area (Å²) in [6.45, 7) is 13.8. The molecular formula is C62H120O6. The summed E-state index contributed by atoms with van der Waals surface area (Å²) in [4.78, 5) is 38.2. The summed E-state index contributed by atoms with van der Waals surface area (Å²) in [6.07, 6.45) is 56.6. The van der Waals surface area contributed by atoms with Crippen molar-refractivity contribution >= 4 is 17.9 Å². The third-order valence-electron chi connectivity index (χ3n) is 14.5. The quantitative estimate of drug-likeness (QED) is 0.0343. The normalized spacial score (nSPS) is 12.5. The summed E-state index contributed by atoms with van der Waals surface area (Å²) in [5, 5.41) is 0. The van der Waals surface area contributed by atoms with Crippen LogP contribution in [0.4, 0.5) is 0 Å². The predicted molar refractivity (Wildman–Crippen MR) is 293 cm³/mol. The second kappa shape index (κ2) is 53.2. The zero-order valence-corrected chi connectivity index (χ0v) is 46.9. The maximum atomic E-state index is 12.9. The Bertz CT molecular complexity index is 1060. The van der Waals surface area contributed by atoms with Crippen molar-refractivity contribution in [3.63, 3.8) is 0 Å². The van der Waals surface area contributed by atoms with Crippen LogP contribution in [-0.4, -0.2) is 37.2 Å². The molecule has 0 N–H and O–H groups in total. The second-order valence-electron chi connectivity index (χ2n) is 22.5. The van der Waals surface area contributed by atoms with Crippen molar-refractivity contribution in [2.45, 2.75) is 349 Å². The molecule has 6 heteroatoms. The van der Waals surface area contributed by atoms with E-state index in [1.807, 2.05) is 0 Å². The number of unbranched alkanes of at least 4 members (excludes halogenated alkanes) is 37. The Morgan fingerprint density at radius 1 is 0.294 bits per heavy atom. The lowest BCUT2D eigenvalue weighted by Gasteiger charge is -2.18. The molecule has 0 saturated carbocycles. The van der Waals surface area contributed by atoms with Gasteiger partial charge < -0.3 is 14.2 Å². The van der Waals surface area contributed by atoms with Gasteiger partial charge in [-0.1, -0.05) is 305 Å². The molecule has 0 aromatic rings. The topological polar surface area (TPSA) is 78.9 Å². The van der Waals surface area contributed by atoms with Gasteiger partial charge >= 0.3 is 17.9 Å². The number of esters is 3. The predicted octanol–water partition coefficient (Wildman–Crippen LogP) is 20.3. The van der Waals surface area contributed by atoms with E-state index in [0.29, 0.717) is 19.3 Å². The third kappa shape index (κ3) is 53.8. The molecule has 2 atom stereocenters. The summed E-state index contributed by atoms with van der Waals surface area (Å²) in [5.41, 5.74) is 0. The van der Waals surface area contributed by atoms with Crippen LogP contribution >= 0.6 is 0 Å². The van der Waals surface area contributed by atoms with Gasteiger partial charge in [-0.3, -0.25) is 14.4 Å². The van der Waals surface area contributed by atoms with Gasteiger partial charge in [0.15, 0.2) is 6.10 Å². The van der Waals surface area contributed by atoms with Gasteiger partial charge in [-0.05, 0) is 37.0 Å². The van der Waals surface area contributed by atoms with E-state index in [0.717, 1.165) is 75.5 Å². The minimum Gasteiger partial charge on any atom is -0.462 e. The fourth-order valence-electron chi connectivity index (χ4n) is 9.50. The van der Waals surface area contributed by atoms with Gasteiger partial charge in [-0.15, -0.1) is 0 Å². The molecule has 0 radical (unpaired) electrons. The Labute approximate surface area is 425 Å². The minimum absolute atomic E-state index is 0.0631. The minimum atomic E-state index is -0.764. The van der Waals surface area contributed by atoms with E-state index < -0.39 is 6.10 Å². The number of rotatable bonds is 55. The Hall–Kier alpha value is -1.59. The van der Waals surface area contributed by atoms with Gasteiger partial charge in [0.1, 0.15) is 13.2 Å². The first-order chi connectivity index (χ1) is 33.1. The number of ether oxygens (including phenoxy) is 3. The van der Waals surface area contributed by atoms with Crippen molar-refractivity contribution in [3.05, 3.63) is 0 Å². The molecule has 0 spiro atoms. The molecule has 404 valence electrons. The molecule has 0 aromatic heterocycles. The average molecular weight is 962 g/mol. The van der Waals surface area contributed by atoms with Crippen molar-refractivity contribution in [1.82, 2.24) is 0 Å². The van der Waals surface area contributed by atoms with Gasteiger partial charge in [-0.25, -0.2) is 0 Å². The monoisotopic (exact) mass is 961 g/mol. The van der Waals surface area contributed by atoms with Gasteiger partial charge in [0.2, 0.25) is 0 Å². The van der Waals surface area contributed by atoms with Crippen LogP contribution in [0.5, 0.6) is 0 Å².